The SMILES string of the molecule is CCC(NCc1ccccc1CN1CC(C)CC(C)C1)c1ccc(OCC(O)CN2CCN(c3ccccc3)CC2)cc1.O=C(O)C(F)(F)F. The Kier molecular flexibility index (Phi) is 15.0. The molecule has 2 saturated heterocycles. The number of nitrogens with one attached hydrogen (secondary N) is 1. The topological polar surface area (TPSA) is 88.5 Å². The van der Waals surface area contributed by atoms with Gasteiger partial charge in [0, 0.05) is 70.6 Å². The molecule has 0 spiro atoms. The van der Waals surface area contributed by atoms with E-state index in [4.69, 9.17) is 14.6 Å². The van der Waals surface area contributed by atoms with E-state index in [2.05, 4.69) is 108 Å². The number of carboxylic acid groups (broad SMARTS) is 1. The molecule has 0 amide bonds. The number of para-hydroxylation sites is 1. The number of alkyl halides is 3. The molecule has 3 aromatic carbocycles. The quantitative estimate of drug-likeness (QED) is 0.184. The van der Waals surface area contributed by atoms with Gasteiger partial charge in [0.05, 0.1) is 0 Å². The summed E-state index contributed by atoms with van der Waals surface area (Å²) < 4.78 is 37.7. The summed E-state index contributed by atoms with van der Waals surface area (Å²) in [6.07, 6.45) is -3.24. The fourth-order valence-electron chi connectivity index (χ4n) is 6.94. The number of aliphatic hydroxyl groups excluding tert-OH is 1. The lowest BCUT2D eigenvalue weighted by atomic mass is 9.91. The van der Waals surface area contributed by atoms with E-state index >= 15 is 0 Å². The number of aliphatic carboxylic acids is 1. The number of rotatable bonds is 13. The Morgan fingerprint density at radius 2 is 1.46 bits per heavy atom. The van der Waals surface area contributed by atoms with Crippen LogP contribution in [0.4, 0.5) is 18.9 Å². The highest BCUT2D eigenvalue weighted by atomic mass is 19.4. The average Bonchev–Trinajstić information content (AvgIpc) is 3.09. The summed E-state index contributed by atoms with van der Waals surface area (Å²) in [6.45, 7) is 16.1. The predicted octanol–water partition coefficient (Wildman–Crippen LogP) is 6.60. The fourth-order valence-corrected chi connectivity index (χ4v) is 6.94. The van der Waals surface area contributed by atoms with Crippen molar-refractivity contribution in [1.82, 2.24) is 15.1 Å². The van der Waals surface area contributed by atoms with Crippen molar-refractivity contribution in [2.75, 3.05) is 57.3 Å². The molecule has 2 fully saturated rings. The summed E-state index contributed by atoms with van der Waals surface area (Å²) in [7, 11) is 0. The predicted molar refractivity (Wildman–Crippen MR) is 191 cm³/mol. The first-order chi connectivity index (χ1) is 23.9. The van der Waals surface area contributed by atoms with Gasteiger partial charge in [-0.25, -0.2) is 4.79 Å². The monoisotopic (exact) mass is 698 g/mol. The summed E-state index contributed by atoms with van der Waals surface area (Å²) in [6, 6.07) is 28.2. The minimum atomic E-state index is -5.08. The second-order valence-electron chi connectivity index (χ2n) is 13.7. The molecule has 274 valence electrons. The Hall–Kier alpha value is -3.64. The first-order valence-electron chi connectivity index (χ1n) is 17.7. The van der Waals surface area contributed by atoms with Crippen molar-refractivity contribution >= 4 is 11.7 Å². The second-order valence-corrected chi connectivity index (χ2v) is 13.7. The molecule has 2 aliphatic heterocycles. The number of carbonyl (C=O) groups is 1. The van der Waals surface area contributed by atoms with Gasteiger partial charge in [-0.15, -0.1) is 0 Å². The van der Waals surface area contributed by atoms with E-state index in [9.17, 15) is 18.3 Å². The Labute approximate surface area is 294 Å². The molecule has 0 aliphatic carbocycles. The lowest BCUT2D eigenvalue weighted by Crippen LogP contribution is -2.49. The molecule has 0 aromatic heterocycles. The number of piperazine rings is 1. The molecular weight excluding hydrogens is 645 g/mol. The van der Waals surface area contributed by atoms with Crippen molar-refractivity contribution in [2.24, 2.45) is 11.8 Å². The Balaban J connectivity index is 0.000000727. The van der Waals surface area contributed by atoms with E-state index in [0.29, 0.717) is 13.2 Å². The van der Waals surface area contributed by atoms with Crippen LogP contribution in [0, 0.1) is 11.8 Å². The molecule has 11 heteroatoms. The van der Waals surface area contributed by atoms with Gasteiger partial charge in [0.2, 0.25) is 0 Å². The smallest absolute Gasteiger partial charge is 0.490 e. The summed E-state index contributed by atoms with van der Waals surface area (Å²) in [5.41, 5.74) is 5.37. The van der Waals surface area contributed by atoms with Crippen molar-refractivity contribution in [3.8, 4) is 5.75 Å². The second kappa shape index (κ2) is 19.1. The molecule has 5 rings (SSSR count). The first kappa shape index (κ1) is 39.2. The van der Waals surface area contributed by atoms with Crippen LogP contribution in [-0.4, -0.2) is 90.7 Å². The van der Waals surface area contributed by atoms with Gasteiger partial charge in [-0.3, -0.25) is 9.80 Å². The minimum absolute atomic E-state index is 0.275. The highest BCUT2D eigenvalue weighted by Gasteiger charge is 2.38. The molecule has 0 bridgehead atoms. The van der Waals surface area contributed by atoms with E-state index in [1.807, 2.05) is 12.1 Å². The van der Waals surface area contributed by atoms with Crippen LogP contribution in [0.5, 0.6) is 5.75 Å². The molecular formula is C39H53F3N4O4. The van der Waals surface area contributed by atoms with Gasteiger partial charge < -0.3 is 25.2 Å². The molecule has 8 nitrogen and oxygen atoms in total. The van der Waals surface area contributed by atoms with Gasteiger partial charge in [-0.1, -0.05) is 75.4 Å². The van der Waals surface area contributed by atoms with Crippen molar-refractivity contribution in [3.63, 3.8) is 0 Å². The summed E-state index contributed by atoms with van der Waals surface area (Å²) >= 11 is 0. The molecule has 4 atom stereocenters. The fraction of sp³-hybridized carbons (Fsp3) is 0.513. The third kappa shape index (κ3) is 12.6. The van der Waals surface area contributed by atoms with Gasteiger partial charge in [-0.05, 0) is 65.6 Å². The molecule has 3 aromatic rings. The molecule has 4 unspecified atom stereocenters. The Bertz CT molecular complexity index is 1430. The number of ether oxygens (including phenoxy) is 1. The minimum Gasteiger partial charge on any atom is -0.491 e. The highest BCUT2D eigenvalue weighted by molar-refractivity contribution is 5.73. The van der Waals surface area contributed by atoms with Gasteiger partial charge in [-0.2, -0.15) is 13.2 Å². The number of piperidine rings is 1. The largest absolute Gasteiger partial charge is 0.491 e. The molecule has 0 saturated carbocycles. The third-order valence-electron chi connectivity index (χ3n) is 9.33. The van der Waals surface area contributed by atoms with Gasteiger partial charge in [0.15, 0.2) is 0 Å². The Morgan fingerprint density at radius 3 is 2.04 bits per heavy atom. The van der Waals surface area contributed by atoms with Crippen LogP contribution < -0.4 is 15.0 Å². The Morgan fingerprint density at radius 1 is 0.880 bits per heavy atom. The molecule has 2 heterocycles. The van der Waals surface area contributed by atoms with E-state index in [-0.39, 0.29) is 6.04 Å². The van der Waals surface area contributed by atoms with E-state index in [1.165, 1.54) is 41.9 Å². The van der Waals surface area contributed by atoms with Crippen LogP contribution in [0.2, 0.25) is 0 Å². The summed E-state index contributed by atoms with van der Waals surface area (Å²) in [5.74, 6) is -0.403. The number of likely N-dealkylation sites (tertiary alicyclic amines) is 1. The van der Waals surface area contributed by atoms with Crippen LogP contribution in [0.15, 0.2) is 78.9 Å². The average molecular weight is 699 g/mol. The van der Waals surface area contributed by atoms with Gasteiger partial charge in [0.25, 0.3) is 0 Å². The number of hydrogen-bond donors (Lipinski definition) is 3. The zero-order chi connectivity index (χ0) is 36.1. The third-order valence-corrected chi connectivity index (χ3v) is 9.33. The van der Waals surface area contributed by atoms with E-state index in [0.717, 1.165) is 63.3 Å². The summed E-state index contributed by atoms with van der Waals surface area (Å²) in [5, 5.41) is 21.6. The number of anilines is 1. The van der Waals surface area contributed by atoms with E-state index in [1.54, 1.807) is 0 Å². The van der Waals surface area contributed by atoms with Crippen LogP contribution in [0.3, 0.4) is 0 Å². The number of hydrogen-bond acceptors (Lipinski definition) is 7. The zero-order valence-electron chi connectivity index (χ0n) is 29.5. The first-order valence-corrected chi connectivity index (χ1v) is 17.7. The van der Waals surface area contributed by atoms with E-state index < -0.39 is 18.2 Å². The van der Waals surface area contributed by atoms with Gasteiger partial charge in [0.1, 0.15) is 18.5 Å². The lowest BCUT2D eigenvalue weighted by Gasteiger charge is -2.36. The molecule has 0 radical (unpaired) electrons. The number of carboxylic acids is 1. The highest BCUT2D eigenvalue weighted by Crippen LogP contribution is 2.25. The molecule has 2 aliphatic rings. The molecule has 3 N–H and O–H groups in total. The van der Waals surface area contributed by atoms with Crippen LogP contribution in [-0.2, 0) is 17.9 Å². The maximum absolute atomic E-state index is 10.7. The van der Waals surface area contributed by atoms with Crippen molar-refractivity contribution in [1.29, 1.82) is 0 Å². The summed E-state index contributed by atoms with van der Waals surface area (Å²) in [4.78, 5) is 16.3. The van der Waals surface area contributed by atoms with Crippen molar-refractivity contribution < 1.29 is 32.9 Å². The number of nitrogens with zero attached hydrogens (tertiary/aromatic N) is 3. The maximum atomic E-state index is 10.7. The van der Waals surface area contributed by atoms with Gasteiger partial charge >= 0.3 is 12.1 Å². The van der Waals surface area contributed by atoms with Crippen molar-refractivity contribution in [3.05, 3.63) is 95.6 Å². The van der Waals surface area contributed by atoms with Crippen LogP contribution in [0.1, 0.15) is 56.3 Å². The normalized spacial score (nSPS) is 20.0. The number of aliphatic hydroxyl groups is 1. The number of halogens is 3. The lowest BCUT2D eigenvalue weighted by molar-refractivity contribution is -0.192. The maximum Gasteiger partial charge on any atom is 0.490 e. The number of benzene rings is 3. The zero-order valence-corrected chi connectivity index (χ0v) is 29.5. The standard InChI is InChI=1S/C37H52N4O2.C2HF3O2/c1-4-37(38-23-32-10-8-9-11-33(32)26-40-24-29(2)22-30(3)25-40)31-14-16-36(17-15-31)43-28-35(42)27-39-18-20-41(21-19-39)34-12-6-5-7-13-34;3-2(4,5)1(6)7/h5-17,29-30,35,37-38,42H,4,18-28H2,1-3H3;(H,6,7). The number of β-amino-alcohol motifs (C(OH)–C–C–N with tert-alkyl or cyclic N) is 1. The molecule has 50 heavy (non-hydrogen) atoms. The van der Waals surface area contributed by atoms with Crippen molar-refractivity contribution in [2.45, 2.75) is 65.0 Å². The van der Waals surface area contributed by atoms with Crippen LogP contribution in [0.25, 0.3) is 0 Å². The van der Waals surface area contributed by atoms with Crippen LogP contribution >= 0.6 is 0 Å².